The van der Waals surface area contributed by atoms with E-state index in [0.29, 0.717) is 49.3 Å². The minimum Gasteiger partial charge on any atom is -0.488 e. The molecule has 5 heterocycles. The van der Waals surface area contributed by atoms with E-state index in [1.165, 1.54) is 21.3 Å². The molecule has 4 aromatic carbocycles. The molecule has 0 spiro atoms. The zero-order valence-corrected chi connectivity index (χ0v) is 37.3. The summed E-state index contributed by atoms with van der Waals surface area (Å²) in [6.45, 7) is 3.00. The number of imidazole rings is 2. The van der Waals surface area contributed by atoms with Crippen molar-refractivity contribution in [3.8, 4) is 28.1 Å². The van der Waals surface area contributed by atoms with Gasteiger partial charge in [0.15, 0.2) is 0 Å². The molecule has 8 atom stereocenters. The van der Waals surface area contributed by atoms with E-state index in [2.05, 4.69) is 50.9 Å². The number of carbonyl (C=O) groups is 4. The smallest absolute Gasteiger partial charge is 0.407 e. The number of ether oxygens (including phenoxy) is 5. The Morgan fingerprint density at radius 3 is 2.42 bits per heavy atom. The number of methoxy groups -OCH3 is 4. The SMILES string of the molecule is COCC1CC(c2nc3c(ccc4cc5c(cc43)OCc3cc(-c4cnc(C6CC7CC7N6C(=O)C(NC(=O)OC)C(C)OC)[nH]4)ccc3-5)[nH]2)N(C(=O)C(NC(=O)OC)c2ccccc2)C1. The number of likely N-dealkylation sites (tertiary alicyclic amines) is 2. The molecular weight excluding hydrogens is 845 g/mol. The molecule has 3 fully saturated rings. The molecule has 1 saturated carbocycles. The van der Waals surface area contributed by atoms with Gasteiger partial charge in [0.25, 0.3) is 5.91 Å². The number of H-pyrrole nitrogens is 2. The second-order valence-electron chi connectivity index (χ2n) is 17.7. The Hall–Kier alpha value is -6.98. The third-order valence-corrected chi connectivity index (χ3v) is 13.7. The number of amides is 4. The zero-order valence-electron chi connectivity index (χ0n) is 37.3. The monoisotopic (exact) mass is 896 g/mol. The van der Waals surface area contributed by atoms with Crippen molar-refractivity contribution in [2.45, 2.75) is 69.1 Å². The van der Waals surface area contributed by atoms with Crippen LogP contribution in [0.15, 0.2) is 79.0 Å². The van der Waals surface area contributed by atoms with Crippen molar-refractivity contribution in [2.75, 3.05) is 41.6 Å². The van der Waals surface area contributed by atoms with E-state index in [9.17, 15) is 19.2 Å². The van der Waals surface area contributed by atoms with E-state index in [1.54, 1.807) is 25.1 Å². The van der Waals surface area contributed by atoms with Crippen LogP contribution in [0.4, 0.5) is 9.59 Å². The van der Waals surface area contributed by atoms with Gasteiger partial charge in [-0.25, -0.2) is 19.6 Å². The van der Waals surface area contributed by atoms with Crippen LogP contribution in [-0.2, 0) is 35.1 Å². The largest absolute Gasteiger partial charge is 0.488 e. The lowest BCUT2D eigenvalue weighted by Crippen LogP contribution is -2.54. The van der Waals surface area contributed by atoms with Gasteiger partial charge < -0.3 is 54.1 Å². The number of aromatic nitrogens is 4. The minimum absolute atomic E-state index is 0.0557. The van der Waals surface area contributed by atoms with Gasteiger partial charge in [-0.2, -0.15) is 0 Å². The van der Waals surface area contributed by atoms with Crippen LogP contribution >= 0.6 is 0 Å². The van der Waals surface area contributed by atoms with Gasteiger partial charge in [0.2, 0.25) is 5.91 Å². The number of nitrogens with zero attached hydrogens (tertiary/aromatic N) is 4. The van der Waals surface area contributed by atoms with Crippen molar-refractivity contribution in [1.29, 1.82) is 0 Å². The van der Waals surface area contributed by atoms with Crippen LogP contribution in [0.3, 0.4) is 0 Å². The molecule has 2 saturated heterocycles. The Morgan fingerprint density at radius 1 is 0.848 bits per heavy atom. The van der Waals surface area contributed by atoms with E-state index in [4.69, 9.17) is 33.7 Å². The van der Waals surface area contributed by atoms with Crippen molar-refractivity contribution >= 4 is 45.8 Å². The van der Waals surface area contributed by atoms with Crippen LogP contribution in [0.25, 0.3) is 44.2 Å². The molecule has 2 aromatic heterocycles. The Labute approximate surface area is 380 Å². The highest BCUT2D eigenvalue weighted by Crippen LogP contribution is 2.53. The first-order valence-corrected chi connectivity index (χ1v) is 22.2. The summed E-state index contributed by atoms with van der Waals surface area (Å²) in [4.78, 5) is 73.7. The highest BCUT2D eigenvalue weighted by Gasteiger charge is 2.56. The molecule has 17 nitrogen and oxygen atoms in total. The summed E-state index contributed by atoms with van der Waals surface area (Å²) in [6.07, 6.45) is 2.17. The number of hydrogen-bond donors (Lipinski definition) is 4. The average Bonchev–Trinajstić information content (AvgIpc) is 3.81. The maximum Gasteiger partial charge on any atom is 0.407 e. The number of carbonyl (C=O) groups excluding carboxylic acids is 4. The molecule has 0 bridgehead atoms. The fourth-order valence-electron chi connectivity index (χ4n) is 10.2. The molecule has 8 unspecified atom stereocenters. The van der Waals surface area contributed by atoms with Gasteiger partial charge in [0, 0.05) is 43.7 Å². The fourth-order valence-corrected chi connectivity index (χ4v) is 10.2. The Balaban J connectivity index is 0.912. The first-order valence-electron chi connectivity index (χ1n) is 22.2. The zero-order chi connectivity index (χ0) is 45.8. The summed E-state index contributed by atoms with van der Waals surface area (Å²) in [7, 11) is 5.71. The third-order valence-electron chi connectivity index (χ3n) is 13.7. The van der Waals surface area contributed by atoms with Crippen molar-refractivity contribution in [2.24, 2.45) is 11.8 Å². The number of nitrogens with one attached hydrogen (secondary N) is 4. The number of fused-ring (bicyclic) bond motifs is 7. The van der Waals surface area contributed by atoms with E-state index in [0.717, 1.165) is 68.3 Å². The average molecular weight is 897 g/mol. The van der Waals surface area contributed by atoms with E-state index < -0.39 is 36.4 Å². The predicted octanol–water partition coefficient (Wildman–Crippen LogP) is 6.72. The lowest BCUT2D eigenvalue weighted by Gasteiger charge is -2.32. The quantitative estimate of drug-likeness (QED) is 0.102. The lowest BCUT2D eigenvalue weighted by molar-refractivity contribution is -0.139. The van der Waals surface area contributed by atoms with Gasteiger partial charge in [-0.1, -0.05) is 48.5 Å². The van der Waals surface area contributed by atoms with Crippen molar-refractivity contribution in [3.05, 3.63) is 102 Å². The maximum atomic E-state index is 14.4. The maximum absolute atomic E-state index is 14.4. The lowest BCUT2D eigenvalue weighted by atomic mass is 9.92. The third kappa shape index (κ3) is 7.74. The Bertz CT molecular complexity index is 2850. The molecule has 342 valence electrons. The summed E-state index contributed by atoms with van der Waals surface area (Å²) in [5, 5.41) is 7.32. The number of alkyl carbamates (subject to hydrolysis) is 2. The van der Waals surface area contributed by atoms with Crippen LogP contribution in [0.2, 0.25) is 0 Å². The molecule has 1 aliphatic carbocycles. The van der Waals surface area contributed by atoms with Crippen LogP contribution in [-0.4, -0.2) is 114 Å². The van der Waals surface area contributed by atoms with E-state index in [-0.39, 0.29) is 29.8 Å². The molecule has 3 aliphatic heterocycles. The first kappa shape index (κ1) is 42.9. The topological polar surface area (TPSA) is 202 Å². The first-order chi connectivity index (χ1) is 32.1. The second kappa shape index (κ2) is 17.4. The highest BCUT2D eigenvalue weighted by atomic mass is 16.5. The fraction of sp³-hybridized carbons (Fsp3) is 0.388. The van der Waals surface area contributed by atoms with Crippen molar-refractivity contribution < 1.29 is 42.9 Å². The number of piperidine rings is 1. The normalized spacial score (nSPS) is 21.9. The number of rotatable bonds is 12. The molecule has 10 rings (SSSR count). The van der Waals surface area contributed by atoms with Gasteiger partial charge in [0.1, 0.15) is 36.1 Å². The van der Waals surface area contributed by atoms with Gasteiger partial charge >= 0.3 is 12.2 Å². The standard InChI is InChI=1S/C49H52N8O9/c1-25(63-3)41(54-48(60)64-4)47(59)57-37-18-30(37)19-39(57)44-50-21-36(52-44)29-11-13-32-31(16-29)24-66-40-20-33-28(17-34(32)40)12-14-35-43(33)53-45(51-35)38-15-26(23-62-2)22-56(38)46(58)42(55-49(61)65-5)27-9-7-6-8-10-27/h6-14,16-17,20-21,25-26,30,37-39,41-42H,15,18-19,22-24H2,1-5H3,(H,50,52)(H,51,53)(H,54,60)(H,55,61). The minimum atomic E-state index is -0.958. The van der Waals surface area contributed by atoms with Crippen LogP contribution in [0.1, 0.15) is 67.1 Å². The predicted molar refractivity (Wildman–Crippen MR) is 242 cm³/mol. The second-order valence-corrected chi connectivity index (χ2v) is 17.7. The molecule has 4 N–H and O–H groups in total. The molecule has 17 heteroatoms. The number of benzene rings is 4. The van der Waals surface area contributed by atoms with Gasteiger partial charge in [-0.3, -0.25) is 9.59 Å². The van der Waals surface area contributed by atoms with Gasteiger partial charge in [-0.15, -0.1) is 0 Å². The summed E-state index contributed by atoms with van der Waals surface area (Å²) in [6, 6.07) is 21.3. The number of aromatic amines is 2. The Kier molecular flexibility index (Phi) is 11.3. The summed E-state index contributed by atoms with van der Waals surface area (Å²) < 4.78 is 27.2. The van der Waals surface area contributed by atoms with E-state index in [1.807, 2.05) is 47.4 Å². The van der Waals surface area contributed by atoms with Crippen LogP contribution in [0, 0.1) is 11.8 Å². The van der Waals surface area contributed by atoms with Gasteiger partial charge in [-0.05, 0) is 84.0 Å². The summed E-state index contributed by atoms with van der Waals surface area (Å²) >= 11 is 0. The summed E-state index contributed by atoms with van der Waals surface area (Å²) in [5.74, 6) is 2.04. The number of hydrogen-bond acceptors (Lipinski definition) is 11. The molecule has 4 aliphatic rings. The van der Waals surface area contributed by atoms with E-state index >= 15 is 0 Å². The van der Waals surface area contributed by atoms with Crippen molar-refractivity contribution in [3.63, 3.8) is 0 Å². The molecule has 66 heavy (non-hydrogen) atoms. The molecular formula is C49H52N8O9. The Morgan fingerprint density at radius 2 is 1.65 bits per heavy atom. The van der Waals surface area contributed by atoms with Gasteiger partial charge in [0.05, 0.1) is 61.9 Å². The molecule has 4 amide bonds. The molecule has 6 aromatic rings. The van der Waals surface area contributed by atoms with Crippen LogP contribution in [0.5, 0.6) is 5.75 Å². The van der Waals surface area contributed by atoms with Crippen molar-refractivity contribution in [1.82, 2.24) is 40.4 Å². The molecule has 0 radical (unpaired) electrons. The van der Waals surface area contributed by atoms with Crippen LogP contribution < -0.4 is 15.4 Å². The highest BCUT2D eigenvalue weighted by molar-refractivity contribution is 6.07. The summed E-state index contributed by atoms with van der Waals surface area (Å²) in [5.41, 5.74) is 7.06.